The maximum Gasteiger partial charge on any atom is 0.230 e. The van der Waals surface area contributed by atoms with E-state index >= 15 is 0 Å². The Morgan fingerprint density at radius 1 is 0.920 bits per heavy atom. The second-order valence-corrected chi connectivity index (χ2v) is 7.01. The lowest BCUT2D eigenvalue weighted by molar-refractivity contribution is -0.133. The maximum atomic E-state index is 13.2. The molecule has 0 N–H and O–H groups in total. The molecule has 1 aliphatic heterocycles. The molecule has 2 aliphatic rings. The highest BCUT2D eigenvalue weighted by Crippen LogP contribution is 2.43. The van der Waals surface area contributed by atoms with Gasteiger partial charge >= 0.3 is 0 Å². The van der Waals surface area contributed by atoms with Crippen molar-refractivity contribution in [3.05, 3.63) is 66.0 Å². The van der Waals surface area contributed by atoms with E-state index < -0.39 is 0 Å². The number of piperazine rings is 1. The second kappa shape index (κ2) is 6.87. The number of carbonyl (C=O) groups excluding carboxylic acids is 1. The van der Waals surface area contributed by atoms with Crippen LogP contribution in [0.15, 0.2) is 54.6 Å². The van der Waals surface area contributed by atoms with Crippen LogP contribution in [-0.4, -0.2) is 37.0 Å². The molecule has 0 radical (unpaired) electrons. The molecular weight excluding hydrogens is 315 g/mol. The van der Waals surface area contributed by atoms with Gasteiger partial charge in [-0.3, -0.25) is 4.79 Å². The maximum absolute atomic E-state index is 13.2. The molecule has 0 spiro atoms. The van der Waals surface area contributed by atoms with Crippen LogP contribution in [0.3, 0.4) is 0 Å². The van der Waals surface area contributed by atoms with Crippen molar-refractivity contribution in [2.75, 3.05) is 31.1 Å². The van der Waals surface area contributed by atoms with E-state index in [9.17, 15) is 9.18 Å². The Kier molecular flexibility index (Phi) is 4.43. The van der Waals surface area contributed by atoms with Crippen LogP contribution >= 0.6 is 0 Å². The number of nitrogens with zero attached hydrogens (tertiary/aromatic N) is 2. The smallest absolute Gasteiger partial charge is 0.230 e. The molecule has 1 saturated carbocycles. The van der Waals surface area contributed by atoms with Crippen LogP contribution in [0.2, 0.25) is 0 Å². The molecule has 1 atom stereocenters. The summed E-state index contributed by atoms with van der Waals surface area (Å²) in [4.78, 5) is 17.4. The largest absolute Gasteiger partial charge is 0.368 e. The molecule has 1 heterocycles. The van der Waals surface area contributed by atoms with Crippen molar-refractivity contribution in [2.45, 2.75) is 18.8 Å². The van der Waals surface area contributed by atoms with Crippen LogP contribution in [0.4, 0.5) is 10.1 Å². The van der Waals surface area contributed by atoms with Crippen LogP contribution in [0.1, 0.15) is 24.3 Å². The van der Waals surface area contributed by atoms with E-state index in [0.717, 1.165) is 44.6 Å². The number of hydrogen-bond donors (Lipinski definition) is 0. The van der Waals surface area contributed by atoms with E-state index in [4.69, 9.17) is 0 Å². The Morgan fingerprint density at radius 3 is 2.16 bits per heavy atom. The first kappa shape index (κ1) is 16.1. The minimum Gasteiger partial charge on any atom is -0.368 e. The number of hydrogen-bond acceptors (Lipinski definition) is 2. The van der Waals surface area contributed by atoms with Crippen molar-refractivity contribution < 1.29 is 9.18 Å². The van der Waals surface area contributed by atoms with Crippen molar-refractivity contribution in [1.29, 1.82) is 0 Å². The van der Waals surface area contributed by atoms with E-state index in [1.54, 1.807) is 12.1 Å². The third-order valence-electron chi connectivity index (χ3n) is 5.30. The van der Waals surface area contributed by atoms with Crippen molar-refractivity contribution in [3.8, 4) is 0 Å². The van der Waals surface area contributed by atoms with Gasteiger partial charge in [0.15, 0.2) is 0 Å². The zero-order chi connectivity index (χ0) is 17.2. The quantitative estimate of drug-likeness (QED) is 0.849. The first-order valence-corrected chi connectivity index (χ1v) is 9.06. The summed E-state index contributed by atoms with van der Waals surface area (Å²) in [5.41, 5.74) is 2.17. The second-order valence-electron chi connectivity index (χ2n) is 7.01. The molecule has 4 heteroatoms. The number of para-hydroxylation sites is 1. The summed E-state index contributed by atoms with van der Waals surface area (Å²) in [5.74, 6) is 0.276. The Morgan fingerprint density at radius 2 is 1.56 bits per heavy atom. The summed E-state index contributed by atoms with van der Waals surface area (Å²) in [7, 11) is 0. The average Bonchev–Trinajstić information content (AvgIpc) is 3.49. The molecule has 2 aromatic carbocycles. The van der Waals surface area contributed by atoms with Crippen molar-refractivity contribution in [2.24, 2.45) is 5.92 Å². The molecule has 3 nitrogen and oxygen atoms in total. The van der Waals surface area contributed by atoms with Gasteiger partial charge < -0.3 is 9.80 Å². The predicted molar refractivity (Wildman–Crippen MR) is 97.1 cm³/mol. The molecule has 1 amide bonds. The fourth-order valence-electron chi connectivity index (χ4n) is 3.74. The fourth-order valence-corrected chi connectivity index (χ4v) is 3.74. The third-order valence-corrected chi connectivity index (χ3v) is 5.30. The van der Waals surface area contributed by atoms with E-state index in [1.807, 2.05) is 23.1 Å². The average molecular weight is 338 g/mol. The van der Waals surface area contributed by atoms with Crippen LogP contribution < -0.4 is 4.90 Å². The minimum atomic E-state index is -0.248. The first-order chi connectivity index (χ1) is 12.2. The van der Waals surface area contributed by atoms with Crippen molar-refractivity contribution in [1.82, 2.24) is 4.90 Å². The van der Waals surface area contributed by atoms with Gasteiger partial charge in [0, 0.05) is 31.9 Å². The minimum absolute atomic E-state index is 0.108. The molecule has 1 aliphatic carbocycles. The molecule has 2 aromatic rings. The molecule has 1 unspecified atom stereocenters. The van der Waals surface area contributed by atoms with Gasteiger partial charge in [0.25, 0.3) is 0 Å². The standard InChI is InChI=1S/C21H23FN2O/c22-18-10-8-17(9-11-18)20(16-6-7-16)21(25)24-14-12-23(13-15-24)19-4-2-1-3-5-19/h1-5,8-11,16,20H,6-7,12-15H2. The summed E-state index contributed by atoms with van der Waals surface area (Å²) in [6.07, 6.45) is 2.19. The number of anilines is 1. The molecule has 0 bridgehead atoms. The Balaban J connectivity index is 1.44. The lowest BCUT2D eigenvalue weighted by Gasteiger charge is -2.37. The molecular formula is C21H23FN2O. The Labute approximate surface area is 148 Å². The fraction of sp³-hybridized carbons (Fsp3) is 0.381. The molecule has 0 aromatic heterocycles. The van der Waals surface area contributed by atoms with Gasteiger partial charge in [0.2, 0.25) is 5.91 Å². The number of carbonyl (C=O) groups is 1. The topological polar surface area (TPSA) is 23.6 Å². The zero-order valence-corrected chi connectivity index (χ0v) is 14.3. The number of halogens is 1. The Hall–Kier alpha value is -2.36. The molecule has 2 fully saturated rings. The highest BCUT2D eigenvalue weighted by Gasteiger charge is 2.39. The lowest BCUT2D eigenvalue weighted by atomic mass is 9.92. The summed E-state index contributed by atoms with van der Waals surface area (Å²) < 4.78 is 13.2. The van der Waals surface area contributed by atoms with Gasteiger partial charge in [-0.1, -0.05) is 30.3 Å². The van der Waals surface area contributed by atoms with Crippen LogP contribution in [0.25, 0.3) is 0 Å². The highest BCUT2D eigenvalue weighted by atomic mass is 19.1. The summed E-state index contributed by atoms with van der Waals surface area (Å²) >= 11 is 0. The van der Waals surface area contributed by atoms with Crippen molar-refractivity contribution in [3.63, 3.8) is 0 Å². The summed E-state index contributed by atoms with van der Waals surface area (Å²) in [5, 5.41) is 0. The third kappa shape index (κ3) is 3.53. The summed E-state index contributed by atoms with van der Waals surface area (Å²) in [6.45, 7) is 3.21. The van der Waals surface area contributed by atoms with E-state index in [1.165, 1.54) is 17.8 Å². The van der Waals surface area contributed by atoms with Gasteiger partial charge in [-0.25, -0.2) is 4.39 Å². The molecule has 25 heavy (non-hydrogen) atoms. The van der Waals surface area contributed by atoms with Gasteiger partial charge in [-0.05, 0) is 48.6 Å². The van der Waals surface area contributed by atoms with Crippen LogP contribution in [-0.2, 0) is 4.79 Å². The first-order valence-electron chi connectivity index (χ1n) is 9.06. The van der Waals surface area contributed by atoms with Gasteiger partial charge in [-0.15, -0.1) is 0 Å². The monoisotopic (exact) mass is 338 g/mol. The molecule has 1 saturated heterocycles. The van der Waals surface area contributed by atoms with Crippen LogP contribution in [0, 0.1) is 11.7 Å². The highest BCUT2D eigenvalue weighted by molar-refractivity contribution is 5.84. The van der Waals surface area contributed by atoms with E-state index in [2.05, 4.69) is 17.0 Å². The van der Waals surface area contributed by atoms with Gasteiger partial charge in [-0.2, -0.15) is 0 Å². The SMILES string of the molecule is O=C(C(c1ccc(F)cc1)C1CC1)N1CCN(c2ccccc2)CC1. The van der Waals surface area contributed by atoms with Gasteiger partial charge in [0.05, 0.1) is 5.92 Å². The predicted octanol–water partition coefficient (Wildman–Crippen LogP) is 3.67. The normalized spacial score (nSPS) is 18.9. The summed E-state index contributed by atoms with van der Waals surface area (Å²) in [6, 6.07) is 16.8. The van der Waals surface area contributed by atoms with Gasteiger partial charge in [0.1, 0.15) is 5.82 Å². The molecule has 130 valence electrons. The Bertz CT molecular complexity index is 719. The number of amides is 1. The lowest BCUT2D eigenvalue weighted by Crippen LogP contribution is -2.50. The number of benzene rings is 2. The zero-order valence-electron chi connectivity index (χ0n) is 14.3. The molecule has 4 rings (SSSR count). The van der Waals surface area contributed by atoms with E-state index in [-0.39, 0.29) is 17.6 Å². The van der Waals surface area contributed by atoms with E-state index in [0.29, 0.717) is 5.92 Å². The number of rotatable bonds is 4. The van der Waals surface area contributed by atoms with Crippen molar-refractivity contribution >= 4 is 11.6 Å². The van der Waals surface area contributed by atoms with Crippen LogP contribution in [0.5, 0.6) is 0 Å².